The van der Waals surface area contributed by atoms with Crippen LogP contribution in [0.15, 0.2) is 23.8 Å². The van der Waals surface area contributed by atoms with E-state index in [1.54, 1.807) is 7.11 Å². The van der Waals surface area contributed by atoms with Gasteiger partial charge in [0.2, 0.25) is 0 Å². The summed E-state index contributed by atoms with van der Waals surface area (Å²) in [6.45, 7) is 8.08. The molecule has 0 aromatic rings. The summed E-state index contributed by atoms with van der Waals surface area (Å²) in [7, 11) is 1.77. The van der Waals surface area contributed by atoms with Gasteiger partial charge in [-0.3, -0.25) is 0 Å². The van der Waals surface area contributed by atoms with Crippen LogP contribution in [0.3, 0.4) is 0 Å². The second kappa shape index (κ2) is 11.8. The quantitative estimate of drug-likeness (QED) is 0.368. The molecule has 0 radical (unpaired) electrons. The van der Waals surface area contributed by atoms with Crippen LogP contribution in [0.4, 0.5) is 0 Å². The third-order valence-electron chi connectivity index (χ3n) is 5.16. The minimum atomic E-state index is 0.208. The van der Waals surface area contributed by atoms with Gasteiger partial charge >= 0.3 is 0 Å². The molecule has 144 valence electrons. The summed E-state index contributed by atoms with van der Waals surface area (Å²) in [5.41, 5.74) is 1.32. The Morgan fingerprint density at radius 2 is 1.84 bits per heavy atom. The van der Waals surface area contributed by atoms with Gasteiger partial charge in [-0.25, -0.2) is 0 Å². The molecule has 0 heterocycles. The zero-order valence-corrected chi connectivity index (χ0v) is 16.2. The first-order valence-electron chi connectivity index (χ1n) is 9.95. The standard InChI is InChI=1S/C21H36O4/c1-4-13-25-21-18(11-14-22-3)9-10-19(21)16-23-15-12-17-7-6-8-20(17)24-5-2/h6,8,10,17-18,20-21H,4-5,7,9,11-16H2,1-3H3. The Labute approximate surface area is 153 Å². The van der Waals surface area contributed by atoms with Crippen molar-refractivity contribution in [2.75, 3.05) is 40.1 Å². The number of methoxy groups -OCH3 is 1. The van der Waals surface area contributed by atoms with Crippen molar-refractivity contribution in [3.8, 4) is 0 Å². The molecule has 4 atom stereocenters. The number of hydrogen-bond donors (Lipinski definition) is 0. The first-order valence-corrected chi connectivity index (χ1v) is 9.95. The average Bonchev–Trinajstić information content (AvgIpc) is 3.22. The van der Waals surface area contributed by atoms with E-state index in [9.17, 15) is 0 Å². The molecule has 0 saturated heterocycles. The Hall–Kier alpha value is -0.680. The van der Waals surface area contributed by atoms with Gasteiger partial charge in [0, 0.05) is 33.5 Å². The normalized spacial score (nSPS) is 28.7. The maximum atomic E-state index is 6.12. The largest absolute Gasteiger partial charge is 0.385 e. The molecule has 0 spiro atoms. The van der Waals surface area contributed by atoms with Gasteiger partial charge < -0.3 is 18.9 Å². The highest BCUT2D eigenvalue weighted by Crippen LogP contribution is 2.31. The highest BCUT2D eigenvalue weighted by atomic mass is 16.5. The highest BCUT2D eigenvalue weighted by Gasteiger charge is 2.30. The highest BCUT2D eigenvalue weighted by molar-refractivity contribution is 5.18. The summed E-state index contributed by atoms with van der Waals surface area (Å²) < 4.78 is 23.1. The predicted molar refractivity (Wildman–Crippen MR) is 101 cm³/mol. The molecule has 4 heteroatoms. The molecule has 2 aliphatic carbocycles. The van der Waals surface area contributed by atoms with Crippen molar-refractivity contribution in [2.24, 2.45) is 11.8 Å². The van der Waals surface area contributed by atoms with E-state index in [4.69, 9.17) is 18.9 Å². The molecular formula is C21H36O4. The lowest BCUT2D eigenvalue weighted by molar-refractivity contribution is 0.0188. The summed E-state index contributed by atoms with van der Waals surface area (Å²) >= 11 is 0. The van der Waals surface area contributed by atoms with Gasteiger partial charge in [-0.2, -0.15) is 0 Å². The van der Waals surface area contributed by atoms with Gasteiger partial charge in [-0.1, -0.05) is 25.2 Å². The van der Waals surface area contributed by atoms with Gasteiger partial charge in [-0.15, -0.1) is 0 Å². The molecule has 0 saturated carbocycles. The molecule has 2 rings (SSSR count). The molecule has 0 N–H and O–H groups in total. The second-order valence-corrected chi connectivity index (χ2v) is 7.03. The molecule has 0 amide bonds. The van der Waals surface area contributed by atoms with Gasteiger partial charge in [0.15, 0.2) is 0 Å². The Balaban J connectivity index is 1.71. The monoisotopic (exact) mass is 352 g/mol. The maximum Gasteiger partial charge on any atom is 0.0839 e. The van der Waals surface area contributed by atoms with Crippen LogP contribution in [0.1, 0.15) is 46.0 Å². The van der Waals surface area contributed by atoms with E-state index in [0.29, 0.717) is 18.4 Å². The zero-order valence-electron chi connectivity index (χ0n) is 16.2. The fraction of sp³-hybridized carbons (Fsp3) is 0.810. The van der Waals surface area contributed by atoms with E-state index in [1.807, 2.05) is 0 Å². The van der Waals surface area contributed by atoms with Crippen molar-refractivity contribution < 1.29 is 18.9 Å². The molecule has 4 nitrogen and oxygen atoms in total. The van der Waals surface area contributed by atoms with Gasteiger partial charge in [0.05, 0.1) is 18.8 Å². The van der Waals surface area contributed by atoms with Crippen molar-refractivity contribution in [3.05, 3.63) is 23.8 Å². The number of allylic oxidation sites excluding steroid dienone is 2. The molecule has 2 aliphatic rings. The minimum absolute atomic E-state index is 0.208. The van der Waals surface area contributed by atoms with E-state index in [-0.39, 0.29) is 12.2 Å². The SMILES string of the molecule is CCCOC1C(COCCC2CC=CC2OCC)=CCC1CCOC. The van der Waals surface area contributed by atoms with Crippen LogP contribution in [0.25, 0.3) is 0 Å². The molecule has 0 fully saturated rings. The third kappa shape index (κ3) is 6.52. The van der Waals surface area contributed by atoms with Crippen molar-refractivity contribution >= 4 is 0 Å². The minimum Gasteiger partial charge on any atom is -0.385 e. The molecule has 0 aromatic carbocycles. The summed E-state index contributed by atoms with van der Waals surface area (Å²) in [5, 5.41) is 0. The molecule has 0 aliphatic heterocycles. The number of hydrogen-bond acceptors (Lipinski definition) is 4. The van der Waals surface area contributed by atoms with E-state index < -0.39 is 0 Å². The van der Waals surface area contributed by atoms with Crippen molar-refractivity contribution in [3.63, 3.8) is 0 Å². The van der Waals surface area contributed by atoms with Crippen LogP contribution in [0, 0.1) is 11.8 Å². The Bertz CT molecular complexity index is 418. The van der Waals surface area contributed by atoms with Crippen molar-refractivity contribution in [2.45, 2.75) is 58.2 Å². The first-order chi connectivity index (χ1) is 12.3. The van der Waals surface area contributed by atoms with Crippen molar-refractivity contribution in [1.82, 2.24) is 0 Å². The molecular weight excluding hydrogens is 316 g/mol. The lowest BCUT2D eigenvalue weighted by Gasteiger charge is -2.24. The summed E-state index contributed by atoms with van der Waals surface area (Å²) in [6.07, 6.45) is 12.6. The molecule has 25 heavy (non-hydrogen) atoms. The van der Waals surface area contributed by atoms with E-state index in [1.165, 1.54) is 5.57 Å². The molecule has 4 unspecified atom stereocenters. The smallest absolute Gasteiger partial charge is 0.0839 e. The van der Waals surface area contributed by atoms with Crippen LogP contribution in [0.2, 0.25) is 0 Å². The van der Waals surface area contributed by atoms with Gasteiger partial charge in [-0.05, 0) is 56.4 Å². The Kier molecular flexibility index (Phi) is 9.77. The predicted octanol–water partition coefficient (Wildman–Crippen LogP) is 4.15. The van der Waals surface area contributed by atoms with Gasteiger partial charge in [0.25, 0.3) is 0 Å². The Morgan fingerprint density at radius 1 is 1.00 bits per heavy atom. The second-order valence-electron chi connectivity index (χ2n) is 7.03. The third-order valence-corrected chi connectivity index (χ3v) is 5.16. The van der Waals surface area contributed by atoms with Crippen LogP contribution in [-0.2, 0) is 18.9 Å². The van der Waals surface area contributed by atoms with E-state index >= 15 is 0 Å². The molecule has 0 bridgehead atoms. The fourth-order valence-electron chi connectivity index (χ4n) is 3.78. The van der Waals surface area contributed by atoms with Crippen LogP contribution in [-0.4, -0.2) is 52.4 Å². The number of ether oxygens (including phenoxy) is 4. The molecule has 0 aromatic heterocycles. The summed E-state index contributed by atoms with van der Waals surface area (Å²) in [6, 6.07) is 0. The lowest BCUT2D eigenvalue weighted by atomic mass is 9.98. The van der Waals surface area contributed by atoms with E-state index in [2.05, 4.69) is 32.1 Å². The number of rotatable bonds is 13. The Morgan fingerprint density at radius 3 is 2.60 bits per heavy atom. The van der Waals surface area contributed by atoms with Gasteiger partial charge in [0.1, 0.15) is 0 Å². The van der Waals surface area contributed by atoms with Crippen LogP contribution < -0.4 is 0 Å². The maximum absolute atomic E-state index is 6.12. The first kappa shape index (κ1) is 20.6. The van der Waals surface area contributed by atoms with Crippen LogP contribution in [0.5, 0.6) is 0 Å². The average molecular weight is 353 g/mol. The van der Waals surface area contributed by atoms with E-state index in [0.717, 1.165) is 58.5 Å². The van der Waals surface area contributed by atoms with Crippen molar-refractivity contribution in [1.29, 1.82) is 0 Å². The zero-order chi connectivity index (χ0) is 17.9. The lowest BCUT2D eigenvalue weighted by Crippen LogP contribution is -2.26. The summed E-state index contributed by atoms with van der Waals surface area (Å²) in [4.78, 5) is 0. The fourth-order valence-corrected chi connectivity index (χ4v) is 3.78. The summed E-state index contributed by atoms with van der Waals surface area (Å²) in [5.74, 6) is 1.10. The van der Waals surface area contributed by atoms with Crippen LogP contribution >= 0.6 is 0 Å². The topological polar surface area (TPSA) is 36.9 Å².